The second kappa shape index (κ2) is 7.16. The summed E-state index contributed by atoms with van der Waals surface area (Å²) in [6.45, 7) is 1.42. The van der Waals surface area contributed by atoms with Crippen molar-refractivity contribution >= 4 is 11.8 Å². The third-order valence-electron chi connectivity index (χ3n) is 4.16. The topological polar surface area (TPSA) is 90.5 Å². The van der Waals surface area contributed by atoms with Crippen LogP contribution in [0.4, 0.5) is 0 Å². The molecular weight excluding hydrogens is 308 g/mol. The summed E-state index contributed by atoms with van der Waals surface area (Å²) in [4.78, 5) is 25.3. The zero-order valence-corrected chi connectivity index (χ0v) is 13.3. The number of carbonyl (C=O) groups excluding carboxylic acids is 2. The molecule has 0 saturated carbocycles. The van der Waals surface area contributed by atoms with E-state index in [4.69, 9.17) is 10.5 Å². The van der Waals surface area contributed by atoms with Gasteiger partial charge in [0.15, 0.2) is 6.61 Å². The molecule has 126 valence electrons. The summed E-state index contributed by atoms with van der Waals surface area (Å²) in [6, 6.07) is 8.46. The SMILES string of the molecule is NC(=O)c1ccc(OCC(=O)N2CCC[C@H]2Cn2cccn2)cc1. The molecule has 2 aromatic rings. The summed E-state index contributed by atoms with van der Waals surface area (Å²) in [5.74, 6) is 0.0102. The molecule has 24 heavy (non-hydrogen) atoms. The highest BCUT2D eigenvalue weighted by Crippen LogP contribution is 2.19. The van der Waals surface area contributed by atoms with Gasteiger partial charge in [-0.1, -0.05) is 0 Å². The van der Waals surface area contributed by atoms with Crippen LogP contribution >= 0.6 is 0 Å². The van der Waals surface area contributed by atoms with Crippen LogP contribution in [0.2, 0.25) is 0 Å². The molecule has 1 fully saturated rings. The molecule has 0 bridgehead atoms. The second-order valence-corrected chi connectivity index (χ2v) is 5.79. The lowest BCUT2D eigenvalue weighted by molar-refractivity contribution is -0.134. The molecule has 0 spiro atoms. The molecule has 0 aliphatic carbocycles. The number of rotatable bonds is 6. The number of ether oxygens (including phenoxy) is 1. The smallest absolute Gasteiger partial charge is 0.260 e. The van der Waals surface area contributed by atoms with Crippen molar-refractivity contribution in [3.05, 3.63) is 48.3 Å². The normalized spacial score (nSPS) is 17.0. The maximum atomic E-state index is 12.4. The number of nitrogens with two attached hydrogens (primary N) is 1. The summed E-state index contributed by atoms with van der Waals surface area (Å²) >= 11 is 0. The van der Waals surface area contributed by atoms with Crippen LogP contribution in [0.1, 0.15) is 23.2 Å². The minimum Gasteiger partial charge on any atom is -0.484 e. The standard InChI is InChI=1S/C17H20N4O3/c18-17(23)13-4-6-15(7-5-13)24-12-16(22)21-10-1-3-14(21)11-20-9-2-8-19-20/h2,4-9,14H,1,3,10-12H2,(H2,18,23)/t14-/m0/s1. The van der Waals surface area contributed by atoms with Crippen molar-refractivity contribution in [2.75, 3.05) is 13.2 Å². The van der Waals surface area contributed by atoms with Crippen LogP contribution in [0.15, 0.2) is 42.7 Å². The molecule has 2 amide bonds. The molecule has 2 N–H and O–H groups in total. The molecule has 1 aromatic carbocycles. The zero-order valence-electron chi connectivity index (χ0n) is 13.3. The van der Waals surface area contributed by atoms with Crippen LogP contribution in [0.3, 0.4) is 0 Å². The van der Waals surface area contributed by atoms with Crippen LogP contribution < -0.4 is 10.5 Å². The lowest BCUT2D eigenvalue weighted by Crippen LogP contribution is -2.40. The molecule has 0 radical (unpaired) electrons. The van der Waals surface area contributed by atoms with Crippen LogP contribution in [-0.2, 0) is 11.3 Å². The van der Waals surface area contributed by atoms with Gasteiger partial charge >= 0.3 is 0 Å². The van der Waals surface area contributed by atoms with Crippen LogP contribution in [0.25, 0.3) is 0 Å². The molecule has 1 atom stereocenters. The highest BCUT2D eigenvalue weighted by molar-refractivity contribution is 5.92. The van der Waals surface area contributed by atoms with Crippen molar-refractivity contribution in [3.8, 4) is 5.75 Å². The molecule has 2 heterocycles. The van der Waals surface area contributed by atoms with Gasteiger partial charge in [-0.25, -0.2) is 0 Å². The van der Waals surface area contributed by atoms with E-state index in [0.717, 1.165) is 19.4 Å². The molecule has 1 saturated heterocycles. The van der Waals surface area contributed by atoms with E-state index in [1.807, 2.05) is 21.8 Å². The first-order valence-corrected chi connectivity index (χ1v) is 7.93. The van der Waals surface area contributed by atoms with E-state index in [-0.39, 0.29) is 18.6 Å². The molecular formula is C17H20N4O3. The predicted molar refractivity (Wildman–Crippen MR) is 87.4 cm³/mol. The van der Waals surface area contributed by atoms with Gasteiger partial charge < -0.3 is 15.4 Å². The maximum Gasteiger partial charge on any atom is 0.260 e. The fraction of sp³-hybridized carbons (Fsp3) is 0.353. The van der Waals surface area contributed by atoms with Gasteiger partial charge in [-0.05, 0) is 43.2 Å². The van der Waals surface area contributed by atoms with E-state index in [1.54, 1.807) is 30.5 Å². The number of benzene rings is 1. The lowest BCUT2D eigenvalue weighted by atomic mass is 10.2. The van der Waals surface area contributed by atoms with E-state index >= 15 is 0 Å². The minimum absolute atomic E-state index is 0.0223. The Bertz CT molecular complexity index is 697. The molecule has 1 aliphatic rings. The Labute approximate surface area is 140 Å². The van der Waals surface area contributed by atoms with Gasteiger partial charge in [0.25, 0.3) is 5.91 Å². The third-order valence-corrected chi connectivity index (χ3v) is 4.16. The van der Waals surface area contributed by atoms with Crippen LogP contribution in [0.5, 0.6) is 5.75 Å². The molecule has 7 heteroatoms. The fourth-order valence-corrected chi connectivity index (χ4v) is 2.92. The van der Waals surface area contributed by atoms with Crippen molar-refractivity contribution in [1.82, 2.24) is 14.7 Å². The molecule has 1 aromatic heterocycles. The number of hydrogen-bond donors (Lipinski definition) is 1. The fourth-order valence-electron chi connectivity index (χ4n) is 2.92. The van der Waals surface area contributed by atoms with Gasteiger partial charge in [0, 0.05) is 24.5 Å². The highest BCUT2D eigenvalue weighted by atomic mass is 16.5. The Morgan fingerprint density at radius 1 is 1.29 bits per heavy atom. The molecule has 1 aliphatic heterocycles. The first-order chi connectivity index (χ1) is 11.6. The second-order valence-electron chi connectivity index (χ2n) is 5.79. The van der Waals surface area contributed by atoms with Crippen molar-refractivity contribution in [2.24, 2.45) is 5.73 Å². The monoisotopic (exact) mass is 328 g/mol. The molecule has 3 rings (SSSR count). The van der Waals surface area contributed by atoms with Crippen molar-refractivity contribution < 1.29 is 14.3 Å². The number of amides is 2. The Balaban J connectivity index is 1.54. The van der Waals surface area contributed by atoms with E-state index < -0.39 is 5.91 Å². The minimum atomic E-state index is -0.490. The number of nitrogens with zero attached hydrogens (tertiary/aromatic N) is 3. The van der Waals surface area contributed by atoms with Crippen molar-refractivity contribution in [1.29, 1.82) is 0 Å². The van der Waals surface area contributed by atoms with Gasteiger partial charge in [0.1, 0.15) is 5.75 Å². The van der Waals surface area contributed by atoms with Gasteiger partial charge in [0.05, 0.1) is 12.6 Å². The maximum absolute atomic E-state index is 12.4. The first kappa shape index (κ1) is 16.0. The van der Waals surface area contributed by atoms with Gasteiger partial charge in [0.2, 0.25) is 5.91 Å². The van der Waals surface area contributed by atoms with E-state index in [0.29, 0.717) is 17.9 Å². The number of aromatic nitrogens is 2. The summed E-state index contributed by atoms with van der Waals surface area (Å²) in [6.07, 6.45) is 5.60. The number of primary amides is 1. The van der Waals surface area contributed by atoms with E-state index in [1.165, 1.54) is 0 Å². The largest absolute Gasteiger partial charge is 0.484 e. The van der Waals surface area contributed by atoms with Crippen molar-refractivity contribution in [3.63, 3.8) is 0 Å². The number of hydrogen-bond acceptors (Lipinski definition) is 4. The Hall–Kier alpha value is -2.83. The number of carbonyl (C=O) groups is 2. The summed E-state index contributed by atoms with van der Waals surface area (Å²) in [5, 5.41) is 4.20. The first-order valence-electron chi connectivity index (χ1n) is 7.93. The zero-order chi connectivity index (χ0) is 16.9. The summed E-state index contributed by atoms with van der Waals surface area (Å²) in [5.41, 5.74) is 5.60. The number of likely N-dealkylation sites (tertiary alicyclic amines) is 1. The highest BCUT2D eigenvalue weighted by Gasteiger charge is 2.29. The summed E-state index contributed by atoms with van der Waals surface area (Å²) < 4.78 is 7.38. The van der Waals surface area contributed by atoms with Crippen molar-refractivity contribution in [2.45, 2.75) is 25.4 Å². The summed E-state index contributed by atoms with van der Waals surface area (Å²) in [7, 11) is 0. The average molecular weight is 328 g/mol. The Kier molecular flexibility index (Phi) is 4.79. The van der Waals surface area contributed by atoms with Gasteiger partial charge in [-0.15, -0.1) is 0 Å². The van der Waals surface area contributed by atoms with Crippen LogP contribution in [-0.4, -0.2) is 45.7 Å². The third kappa shape index (κ3) is 3.73. The van der Waals surface area contributed by atoms with Crippen LogP contribution in [0, 0.1) is 0 Å². The molecule has 7 nitrogen and oxygen atoms in total. The lowest BCUT2D eigenvalue weighted by Gasteiger charge is -2.24. The predicted octanol–water partition coefficient (Wildman–Crippen LogP) is 1.05. The molecule has 0 unspecified atom stereocenters. The Morgan fingerprint density at radius 2 is 2.08 bits per heavy atom. The van der Waals surface area contributed by atoms with E-state index in [2.05, 4.69) is 5.10 Å². The quantitative estimate of drug-likeness (QED) is 0.858. The average Bonchev–Trinajstić information content (AvgIpc) is 3.25. The van der Waals surface area contributed by atoms with Gasteiger partial charge in [-0.2, -0.15) is 5.10 Å². The Morgan fingerprint density at radius 3 is 2.75 bits per heavy atom. The van der Waals surface area contributed by atoms with Gasteiger partial charge in [-0.3, -0.25) is 14.3 Å². The van der Waals surface area contributed by atoms with E-state index in [9.17, 15) is 9.59 Å².